The zero-order chi connectivity index (χ0) is 11.5. The first kappa shape index (κ1) is 11.4. The minimum atomic E-state index is -0.583. The van der Waals surface area contributed by atoms with Gasteiger partial charge in [-0.15, -0.1) is 0 Å². The molecular weight excluding hydrogens is 190 g/mol. The molecule has 80 valence electrons. The number of benzene rings is 1. The van der Waals surface area contributed by atoms with Crippen molar-refractivity contribution in [2.45, 2.75) is 19.3 Å². The van der Waals surface area contributed by atoms with E-state index in [-0.39, 0.29) is 0 Å². The van der Waals surface area contributed by atoms with Crippen LogP contribution in [0, 0.1) is 11.3 Å². The molecule has 0 aliphatic carbocycles. The molecule has 0 spiro atoms. The van der Waals surface area contributed by atoms with E-state index in [4.69, 9.17) is 14.7 Å². The molecule has 0 atom stereocenters. The van der Waals surface area contributed by atoms with Gasteiger partial charge in [0.2, 0.25) is 0 Å². The third-order valence-corrected chi connectivity index (χ3v) is 2.36. The van der Waals surface area contributed by atoms with E-state index in [0.717, 1.165) is 11.3 Å². The Morgan fingerprint density at radius 1 is 1.20 bits per heavy atom. The van der Waals surface area contributed by atoms with Crippen LogP contribution in [0.15, 0.2) is 18.2 Å². The first-order valence-electron chi connectivity index (χ1n) is 4.69. The molecule has 0 fully saturated rings. The van der Waals surface area contributed by atoms with E-state index < -0.39 is 5.41 Å². The highest BCUT2D eigenvalue weighted by molar-refractivity contribution is 5.47. The third-order valence-electron chi connectivity index (χ3n) is 2.36. The van der Waals surface area contributed by atoms with Crippen molar-refractivity contribution in [1.29, 1.82) is 5.26 Å². The van der Waals surface area contributed by atoms with Gasteiger partial charge in [-0.3, -0.25) is 0 Å². The Kier molecular flexibility index (Phi) is 3.21. The molecule has 0 unspecified atom stereocenters. The highest BCUT2D eigenvalue weighted by atomic mass is 16.5. The van der Waals surface area contributed by atoms with Crippen molar-refractivity contribution in [3.63, 3.8) is 0 Å². The van der Waals surface area contributed by atoms with Crippen LogP contribution >= 0.6 is 0 Å². The molecule has 0 aliphatic rings. The van der Waals surface area contributed by atoms with Crippen LogP contribution in [0.5, 0.6) is 11.5 Å². The average Bonchev–Trinajstić information content (AvgIpc) is 2.28. The zero-order valence-electron chi connectivity index (χ0n) is 9.50. The molecule has 0 heterocycles. The molecule has 1 aromatic rings. The van der Waals surface area contributed by atoms with Crippen molar-refractivity contribution in [3.8, 4) is 17.6 Å². The van der Waals surface area contributed by atoms with E-state index in [9.17, 15) is 0 Å². The van der Waals surface area contributed by atoms with Gasteiger partial charge in [-0.05, 0) is 32.0 Å². The summed E-state index contributed by atoms with van der Waals surface area (Å²) in [6.45, 7) is 3.70. The number of nitrogens with zero attached hydrogens (tertiary/aromatic N) is 1. The quantitative estimate of drug-likeness (QED) is 0.761. The minimum absolute atomic E-state index is 0.583. The van der Waals surface area contributed by atoms with Gasteiger partial charge in [0.1, 0.15) is 11.5 Å². The predicted molar refractivity (Wildman–Crippen MR) is 58.2 cm³/mol. The number of methoxy groups -OCH3 is 2. The SMILES string of the molecule is COc1ccc(OC)c(C(C)(C)C#N)c1. The second-order valence-electron chi connectivity index (χ2n) is 3.80. The Labute approximate surface area is 90.2 Å². The maximum atomic E-state index is 9.08. The molecule has 0 bridgehead atoms. The topological polar surface area (TPSA) is 42.2 Å². The Morgan fingerprint density at radius 2 is 1.87 bits per heavy atom. The van der Waals surface area contributed by atoms with Crippen molar-refractivity contribution in [2.24, 2.45) is 0 Å². The standard InChI is InChI=1S/C12H15NO2/c1-12(2,8-13)10-7-9(14-3)5-6-11(10)15-4/h5-7H,1-4H3. The van der Waals surface area contributed by atoms with Crippen molar-refractivity contribution in [1.82, 2.24) is 0 Å². The number of hydrogen-bond acceptors (Lipinski definition) is 3. The highest BCUT2D eigenvalue weighted by Gasteiger charge is 2.24. The Hall–Kier alpha value is -1.69. The molecule has 0 saturated heterocycles. The van der Waals surface area contributed by atoms with Gasteiger partial charge in [-0.1, -0.05) is 0 Å². The molecule has 3 nitrogen and oxygen atoms in total. The van der Waals surface area contributed by atoms with E-state index in [1.807, 2.05) is 32.0 Å². The zero-order valence-corrected chi connectivity index (χ0v) is 9.50. The van der Waals surface area contributed by atoms with Gasteiger partial charge >= 0.3 is 0 Å². The van der Waals surface area contributed by atoms with Gasteiger partial charge < -0.3 is 9.47 Å². The maximum absolute atomic E-state index is 9.08. The first-order chi connectivity index (χ1) is 7.05. The lowest BCUT2D eigenvalue weighted by Crippen LogP contribution is -2.15. The van der Waals surface area contributed by atoms with Crippen molar-refractivity contribution in [3.05, 3.63) is 23.8 Å². The number of nitriles is 1. The molecule has 0 saturated carbocycles. The first-order valence-corrected chi connectivity index (χ1v) is 4.69. The fraction of sp³-hybridized carbons (Fsp3) is 0.417. The summed E-state index contributed by atoms with van der Waals surface area (Å²) in [6, 6.07) is 7.71. The summed E-state index contributed by atoms with van der Waals surface area (Å²) in [6.07, 6.45) is 0. The number of rotatable bonds is 3. The predicted octanol–water partition coefficient (Wildman–Crippen LogP) is 2.50. The van der Waals surface area contributed by atoms with Gasteiger partial charge in [0.15, 0.2) is 0 Å². The van der Waals surface area contributed by atoms with E-state index >= 15 is 0 Å². The van der Waals surface area contributed by atoms with Crippen LogP contribution in [-0.2, 0) is 5.41 Å². The second-order valence-corrected chi connectivity index (χ2v) is 3.80. The number of hydrogen-bond donors (Lipinski definition) is 0. The summed E-state index contributed by atoms with van der Waals surface area (Å²) in [7, 11) is 3.20. The van der Waals surface area contributed by atoms with E-state index in [1.54, 1.807) is 14.2 Å². The van der Waals surface area contributed by atoms with Crippen LogP contribution in [-0.4, -0.2) is 14.2 Å². The molecule has 0 aromatic heterocycles. The van der Waals surface area contributed by atoms with Crippen molar-refractivity contribution >= 4 is 0 Å². The smallest absolute Gasteiger partial charge is 0.123 e. The molecule has 0 amide bonds. The average molecular weight is 205 g/mol. The molecular formula is C12H15NO2. The fourth-order valence-corrected chi connectivity index (χ4v) is 1.36. The van der Waals surface area contributed by atoms with Crippen LogP contribution in [0.4, 0.5) is 0 Å². The molecule has 0 N–H and O–H groups in total. The van der Waals surface area contributed by atoms with Crippen LogP contribution in [0.3, 0.4) is 0 Å². The van der Waals surface area contributed by atoms with E-state index in [1.165, 1.54) is 0 Å². The summed E-state index contributed by atoms with van der Waals surface area (Å²) < 4.78 is 10.4. The largest absolute Gasteiger partial charge is 0.497 e. The van der Waals surface area contributed by atoms with Crippen molar-refractivity contribution in [2.75, 3.05) is 14.2 Å². The normalized spacial score (nSPS) is 10.6. The summed E-state index contributed by atoms with van der Waals surface area (Å²) in [5, 5.41) is 9.08. The maximum Gasteiger partial charge on any atom is 0.123 e. The third kappa shape index (κ3) is 2.21. The number of ether oxygens (including phenoxy) is 2. The van der Waals surface area contributed by atoms with Gasteiger partial charge in [-0.25, -0.2) is 0 Å². The summed E-state index contributed by atoms with van der Waals surface area (Å²) >= 11 is 0. The fourth-order valence-electron chi connectivity index (χ4n) is 1.36. The Balaban J connectivity index is 3.31. The van der Waals surface area contributed by atoms with Crippen LogP contribution in [0.2, 0.25) is 0 Å². The molecule has 0 aliphatic heterocycles. The van der Waals surface area contributed by atoms with Crippen molar-refractivity contribution < 1.29 is 9.47 Å². The minimum Gasteiger partial charge on any atom is -0.497 e. The molecule has 3 heteroatoms. The summed E-state index contributed by atoms with van der Waals surface area (Å²) in [4.78, 5) is 0. The van der Waals surface area contributed by atoms with Gasteiger partial charge in [-0.2, -0.15) is 5.26 Å². The summed E-state index contributed by atoms with van der Waals surface area (Å²) in [5.74, 6) is 1.44. The monoisotopic (exact) mass is 205 g/mol. The lowest BCUT2D eigenvalue weighted by Gasteiger charge is -2.19. The van der Waals surface area contributed by atoms with Gasteiger partial charge in [0.05, 0.1) is 25.7 Å². The second kappa shape index (κ2) is 4.22. The van der Waals surface area contributed by atoms with Gasteiger partial charge in [0, 0.05) is 5.56 Å². The van der Waals surface area contributed by atoms with E-state index in [2.05, 4.69) is 6.07 Å². The van der Waals surface area contributed by atoms with Crippen LogP contribution in [0.25, 0.3) is 0 Å². The Bertz CT molecular complexity index is 391. The van der Waals surface area contributed by atoms with Crippen LogP contribution < -0.4 is 9.47 Å². The molecule has 15 heavy (non-hydrogen) atoms. The lowest BCUT2D eigenvalue weighted by atomic mass is 9.85. The summed E-state index contributed by atoms with van der Waals surface area (Å²) in [5.41, 5.74) is 0.256. The molecule has 1 aromatic carbocycles. The Morgan fingerprint density at radius 3 is 2.33 bits per heavy atom. The molecule has 1 rings (SSSR count). The van der Waals surface area contributed by atoms with E-state index in [0.29, 0.717) is 5.75 Å². The molecule has 0 radical (unpaired) electrons. The lowest BCUT2D eigenvalue weighted by molar-refractivity contribution is 0.392. The highest BCUT2D eigenvalue weighted by Crippen LogP contribution is 2.33. The van der Waals surface area contributed by atoms with Crippen LogP contribution in [0.1, 0.15) is 19.4 Å². The van der Waals surface area contributed by atoms with Gasteiger partial charge in [0.25, 0.3) is 0 Å².